The van der Waals surface area contributed by atoms with E-state index in [1.807, 2.05) is 22.2 Å². The van der Waals surface area contributed by atoms with E-state index >= 15 is 0 Å². The second kappa shape index (κ2) is 5.30. The van der Waals surface area contributed by atoms with Crippen LogP contribution in [0.25, 0.3) is 4.96 Å². The van der Waals surface area contributed by atoms with Crippen molar-refractivity contribution < 1.29 is 9.90 Å². The summed E-state index contributed by atoms with van der Waals surface area (Å²) in [6.45, 7) is 0.761. The summed E-state index contributed by atoms with van der Waals surface area (Å²) in [6, 6.07) is 0.426. The molecule has 0 aliphatic heterocycles. The van der Waals surface area contributed by atoms with E-state index in [2.05, 4.69) is 10.3 Å². The highest BCUT2D eigenvalue weighted by atomic mass is 32.1. The summed E-state index contributed by atoms with van der Waals surface area (Å²) in [6.07, 6.45) is 7.51. The fourth-order valence-electron chi connectivity index (χ4n) is 2.65. The molecule has 0 radical (unpaired) electrons. The molecule has 6 heteroatoms. The van der Waals surface area contributed by atoms with Gasteiger partial charge in [-0.05, 0) is 25.7 Å². The van der Waals surface area contributed by atoms with Crippen LogP contribution in [0.4, 0.5) is 0 Å². The quantitative estimate of drug-likeness (QED) is 0.899. The van der Waals surface area contributed by atoms with E-state index in [4.69, 9.17) is 5.11 Å². The summed E-state index contributed by atoms with van der Waals surface area (Å²) in [4.78, 5) is 16.4. The molecule has 1 saturated carbocycles. The number of carboxylic acid groups (broad SMARTS) is 1. The molecule has 5 nitrogen and oxygen atoms in total. The number of aromatic nitrogens is 2. The Balaban J connectivity index is 1.50. The molecule has 102 valence electrons. The minimum Gasteiger partial charge on any atom is -0.481 e. The predicted molar refractivity (Wildman–Crippen MR) is 73.3 cm³/mol. The van der Waals surface area contributed by atoms with E-state index in [9.17, 15) is 4.79 Å². The number of thiazole rings is 1. The number of nitrogens with one attached hydrogen (secondary N) is 1. The van der Waals surface area contributed by atoms with Crippen LogP contribution in [-0.4, -0.2) is 26.5 Å². The molecule has 0 saturated heterocycles. The highest BCUT2D eigenvalue weighted by Gasteiger charge is 2.25. The fraction of sp³-hybridized carbons (Fsp3) is 0.538. The Labute approximate surface area is 115 Å². The van der Waals surface area contributed by atoms with Crippen molar-refractivity contribution in [2.75, 3.05) is 0 Å². The third-order valence-electron chi connectivity index (χ3n) is 3.79. The van der Waals surface area contributed by atoms with E-state index in [-0.39, 0.29) is 5.92 Å². The van der Waals surface area contributed by atoms with Gasteiger partial charge >= 0.3 is 5.97 Å². The number of fused-ring (bicyclic) bond motifs is 1. The second-order valence-electron chi connectivity index (χ2n) is 5.09. The van der Waals surface area contributed by atoms with Crippen LogP contribution in [0.3, 0.4) is 0 Å². The molecule has 1 aliphatic rings. The van der Waals surface area contributed by atoms with Gasteiger partial charge in [-0.25, -0.2) is 4.98 Å². The molecular weight excluding hydrogens is 262 g/mol. The molecule has 19 heavy (non-hydrogen) atoms. The van der Waals surface area contributed by atoms with Gasteiger partial charge in [0.15, 0.2) is 4.96 Å². The molecule has 0 spiro atoms. The molecule has 1 aliphatic carbocycles. The summed E-state index contributed by atoms with van der Waals surface area (Å²) in [5, 5.41) is 14.5. The standard InChI is InChI=1S/C13H17N3O2S/c17-12(18)9-1-3-10(4-2-9)14-7-11-8-16-5-6-19-13(16)15-11/h5-6,8-10,14H,1-4,7H2,(H,17,18). The maximum absolute atomic E-state index is 10.9. The lowest BCUT2D eigenvalue weighted by Gasteiger charge is -2.26. The van der Waals surface area contributed by atoms with Crippen LogP contribution < -0.4 is 5.32 Å². The zero-order valence-electron chi connectivity index (χ0n) is 10.6. The second-order valence-corrected chi connectivity index (χ2v) is 5.97. The van der Waals surface area contributed by atoms with Crippen molar-refractivity contribution in [1.82, 2.24) is 14.7 Å². The summed E-state index contributed by atoms with van der Waals surface area (Å²) < 4.78 is 2.03. The first kappa shape index (κ1) is 12.6. The van der Waals surface area contributed by atoms with Gasteiger partial charge in [0.1, 0.15) is 0 Å². The Morgan fingerprint density at radius 1 is 1.47 bits per heavy atom. The van der Waals surface area contributed by atoms with Gasteiger partial charge < -0.3 is 10.4 Å². The van der Waals surface area contributed by atoms with Crippen molar-refractivity contribution in [2.24, 2.45) is 5.92 Å². The molecule has 0 aromatic carbocycles. The molecule has 2 heterocycles. The van der Waals surface area contributed by atoms with Crippen molar-refractivity contribution in [3.8, 4) is 0 Å². The highest BCUT2D eigenvalue weighted by molar-refractivity contribution is 7.15. The van der Waals surface area contributed by atoms with Crippen molar-refractivity contribution in [1.29, 1.82) is 0 Å². The smallest absolute Gasteiger partial charge is 0.306 e. The lowest BCUT2D eigenvalue weighted by atomic mass is 9.86. The third kappa shape index (κ3) is 2.79. The van der Waals surface area contributed by atoms with Crippen LogP contribution in [0.1, 0.15) is 31.4 Å². The highest BCUT2D eigenvalue weighted by Crippen LogP contribution is 2.24. The Hall–Kier alpha value is -1.40. The Morgan fingerprint density at radius 3 is 2.95 bits per heavy atom. The topological polar surface area (TPSA) is 66.6 Å². The lowest BCUT2D eigenvalue weighted by molar-refractivity contribution is -0.142. The van der Waals surface area contributed by atoms with Crippen LogP contribution in [0.15, 0.2) is 17.8 Å². The predicted octanol–water partition coefficient (Wildman–Crippen LogP) is 2.13. The number of hydrogen-bond donors (Lipinski definition) is 2. The molecule has 2 N–H and O–H groups in total. The van der Waals surface area contributed by atoms with Gasteiger partial charge in [0, 0.05) is 30.4 Å². The average molecular weight is 279 g/mol. The van der Waals surface area contributed by atoms with Gasteiger partial charge in [-0.3, -0.25) is 9.20 Å². The van der Waals surface area contributed by atoms with Crippen molar-refractivity contribution in [3.63, 3.8) is 0 Å². The molecule has 0 bridgehead atoms. The van der Waals surface area contributed by atoms with E-state index in [1.165, 1.54) is 0 Å². The minimum absolute atomic E-state index is 0.143. The summed E-state index contributed by atoms with van der Waals surface area (Å²) >= 11 is 1.63. The van der Waals surface area contributed by atoms with Gasteiger partial charge in [0.2, 0.25) is 0 Å². The molecule has 2 aromatic heterocycles. The van der Waals surface area contributed by atoms with E-state index in [0.29, 0.717) is 6.04 Å². The lowest BCUT2D eigenvalue weighted by Crippen LogP contribution is -2.34. The largest absolute Gasteiger partial charge is 0.481 e. The van der Waals surface area contributed by atoms with Gasteiger partial charge in [0.05, 0.1) is 11.6 Å². The van der Waals surface area contributed by atoms with E-state index in [1.54, 1.807) is 11.3 Å². The Kier molecular flexibility index (Phi) is 3.52. The summed E-state index contributed by atoms with van der Waals surface area (Å²) in [5.41, 5.74) is 1.05. The van der Waals surface area contributed by atoms with E-state index in [0.717, 1.165) is 42.9 Å². The van der Waals surface area contributed by atoms with E-state index < -0.39 is 5.97 Å². The van der Waals surface area contributed by atoms with Crippen LogP contribution in [-0.2, 0) is 11.3 Å². The van der Waals surface area contributed by atoms with Crippen LogP contribution in [0.5, 0.6) is 0 Å². The van der Waals surface area contributed by atoms with Crippen LogP contribution in [0.2, 0.25) is 0 Å². The summed E-state index contributed by atoms with van der Waals surface area (Å²) in [5.74, 6) is -0.788. The molecule has 0 unspecified atom stereocenters. The molecular formula is C13H17N3O2S. The Morgan fingerprint density at radius 2 is 2.26 bits per heavy atom. The number of hydrogen-bond acceptors (Lipinski definition) is 4. The normalized spacial score (nSPS) is 23.8. The van der Waals surface area contributed by atoms with Crippen molar-refractivity contribution in [3.05, 3.63) is 23.5 Å². The Bertz CT molecular complexity index is 541. The maximum Gasteiger partial charge on any atom is 0.306 e. The molecule has 2 aromatic rings. The first-order valence-electron chi connectivity index (χ1n) is 6.59. The number of aliphatic carboxylic acids is 1. The number of imidazole rings is 1. The first-order valence-corrected chi connectivity index (χ1v) is 7.47. The van der Waals surface area contributed by atoms with Crippen LogP contribution in [0, 0.1) is 5.92 Å². The third-order valence-corrected chi connectivity index (χ3v) is 4.56. The van der Waals surface area contributed by atoms with Gasteiger partial charge in [-0.1, -0.05) is 0 Å². The summed E-state index contributed by atoms with van der Waals surface area (Å²) in [7, 11) is 0. The average Bonchev–Trinajstić information content (AvgIpc) is 2.97. The molecule has 0 atom stereocenters. The molecule has 1 fully saturated rings. The van der Waals surface area contributed by atoms with Crippen molar-refractivity contribution >= 4 is 22.3 Å². The minimum atomic E-state index is -0.646. The number of carboxylic acids is 1. The van der Waals surface area contributed by atoms with Gasteiger partial charge in [0.25, 0.3) is 0 Å². The fourth-order valence-corrected chi connectivity index (χ4v) is 3.37. The zero-order chi connectivity index (χ0) is 13.2. The number of carbonyl (C=O) groups is 1. The van der Waals surface area contributed by atoms with Gasteiger partial charge in [-0.2, -0.15) is 0 Å². The SMILES string of the molecule is O=C(O)C1CCC(NCc2cn3ccsc3n2)CC1. The number of rotatable bonds is 4. The molecule has 3 rings (SSSR count). The number of nitrogens with zero attached hydrogens (tertiary/aromatic N) is 2. The van der Waals surface area contributed by atoms with Crippen molar-refractivity contribution in [2.45, 2.75) is 38.3 Å². The molecule has 0 amide bonds. The van der Waals surface area contributed by atoms with Crippen LogP contribution >= 0.6 is 11.3 Å². The first-order chi connectivity index (χ1) is 9.22. The maximum atomic E-state index is 10.9. The van der Waals surface area contributed by atoms with Gasteiger partial charge in [-0.15, -0.1) is 11.3 Å². The zero-order valence-corrected chi connectivity index (χ0v) is 11.4. The monoisotopic (exact) mass is 279 g/mol.